The van der Waals surface area contributed by atoms with Gasteiger partial charge < -0.3 is 20.5 Å². The average molecular weight is 576 g/mol. The maximum Gasteiger partial charge on any atom is 0.490 e. The molecule has 0 radical (unpaired) electrons. The predicted molar refractivity (Wildman–Crippen MR) is 146 cm³/mol. The van der Waals surface area contributed by atoms with Crippen LogP contribution in [0, 0.1) is 5.41 Å². The summed E-state index contributed by atoms with van der Waals surface area (Å²) in [6.07, 6.45) is 0.410. The van der Waals surface area contributed by atoms with Crippen molar-refractivity contribution in [2.75, 3.05) is 26.2 Å². The van der Waals surface area contributed by atoms with Gasteiger partial charge in [-0.3, -0.25) is 14.5 Å². The number of nitrogens with zero attached hydrogens (tertiary/aromatic N) is 2. The van der Waals surface area contributed by atoms with E-state index in [1.807, 2.05) is 4.90 Å². The Balaban J connectivity index is 0.000000493. The first-order valence-electron chi connectivity index (χ1n) is 13.7. The third kappa shape index (κ3) is 7.38. The summed E-state index contributed by atoms with van der Waals surface area (Å²) in [5, 5.41) is 7.12. The number of fused-ring (bicyclic) bond motifs is 1. The lowest BCUT2D eigenvalue weighted by atomic mass is 9.71. The number of carbonyl (C=O) groups is 3. The monoisotopic (exact) mass is 575 g/mol. The highest BCUT2D eigenvalue weighted by Crippen LogP contribution is 2.42. The van der Waals surface area contributed by atoms with Crippen LogP contribution in [0.1, 0.15) is 71.4 Å². The van der Waals surface area contributed by atoms with E-state index in [0.717, 1.165) is 57.7 Å². The van der Waals surface area contributed by atoms with Crippen molar-refractivity contribution in [1.82, 2.24) is 9.80 Å². The fourth-order valence-electron chi connectivity index (χ4n) is 5.89. The van der Waals surface area contributed by atoms with Crippen molar-refractivity contribution in [3.05, 3.63) is 64.7 Å². The van der Waals surface area contributed by atoms with E-state index >= 15 is 0 Å². The molecule has 0 aromatic heterocycles. The van der Waals surface area contributed by atoms with Crippen LogP contribution in [0.4, 0.5) is 13.2 Å². The molecule has 5 rings (SSSR count). The quantitative estimate of drug-likeness (QED) is 0.549. The molecular weight excluding hydrogens is 539 g/mol. The van der Waals surface area contributed by atoms with Crippen LogP contribution in [0.15, 0.2) is 42.5 Å². The van der Waals surface area contributed by atoms with E-state index in [9.17, 15) is 22.8 Å². The highest BCUT2D eigenvalue weighted by atomic mass is 19.4. The fraction of sp³-hybridized carbons (Fsp3) is 0.500. The van der Waals surface area contributed by atoms with Crippen molar-refractivity contribution in [2.45, 2.75) is 64.3 Å². The zero-order chi connectivity index (χ0) is 30.0. The normalized spacial score (nSPS) is 19.5. The number of amides is 2. The number of piperidine rings is 2. The molecule has 0 atom stereocenters. The average Bonchev–Trinajstić information content (AvgIpc) is 3.25. The zero-order valence-electron chi connectivity index (χ0n) is 23.3. The van der Waals surface area contributed by atoms with E-state index in [2.05, 4.69) is 36.9 Å². The van der Waals surface area contributed by atoms with Crippen molar-refractivity contribution < 1.29 is 37.4 Å². The second-order valence-corrected chi connectivity index (χ2v) is 11.7. The number of rotatable bonds is 4. The van der Waals surface area contributed by atoms with Gasteiger partial charge in [0.25, 0.3) is 5.91 Å². The molecule has 1 spiro atoms. The van der Waals surface area contributed by atoms with Crippen LogP contribution in [0.5, 0.6) is 5.75 Å². The summed E-state index contributed by atoms with van der Waals surface area (Å²) in [5.74, 6) is -2.13. The first-order chi connectivity index (χ1) is 19.2. The number of likely N-dealkylation sites (tertiary alicyclic amines) is 2. The molecule has 11 heteroatoms. The summed E-state index contributed by atoms with van der Waals surface area (Å²) in [6.45, 7) is 9.13. The third-order valence-electron chi connectivity index (χ3n) is 8.30. The van der Waals surface area contributed by atoms with Crippen LogP contribution in [0.25, 0.3) is 0 Å². The Kier molecular flexibility index (Phi) is 8.67. The van der Waals surface area contributed by atoms with E-state index in [-0.39, 0.29) is 11.5 Å². The van der Waals surface area contributed by atoms with Crippen molar-refractivity contribution in [3.63, 3.8) is 0 Å². The highest BCUT2D eigenvalue weighted by molar-refractivity contribution is 5.97. The molecule has 3 heterocycles. The van der Waals surface area contributed by atoms with E-state index < -0.39 is 18.1 Å². The van der Waals surface area contributed by atoms with E-state index in [1.165, 1.54) is 24.0 Å². The molecule has 3 aliphatic rings. The van der Waals surface area contributed by atoms with Crippen LogP contribution in [0.2, 0.25) is 0 Å². The molecule has 222 valence electrons. The van der Waals surface area contributed by atoms with Gasteiger partial charge in [-0.2, -0.15) is 13.2 Å². The Bertz CT molecular complexity index is 1280. The van der Waals surface area contributed by atoms with Crippen molar-refractivity contribution >= 4 is 17.8 Å². The molecule has 2 aromatic carbocycles. The number of carboxylic acids is 1. The first kappa shape index (κ1) is 30.4. The minimum Gasteiger partial charge on any atom is -0.487 e. The van der Waals surface area contributed by atoms with Crippen molar-refractivity contribution in [2.24, 2.45) is 11.1 Å². The van der Waals surface area contributed by atoms with Gasteiger partial charge in [0.15, 0.2) is 0 Å². The maximum atomic E-state index is 12.9. The van der Waals surface area contributed by atoms with Gasteiger partial charge in [0, 0.05) is 42.7 Å². The standard InChI is InChI=1S/C28H35N3O3.C2HF3O2/c1-27(2)18-23-22(4-3-5-24(23)34-27)19-30-14-10-28(11-15-30)12-16-31(17-13-28)26(33)21-8-6-20(7-9-21)25(29)32;3-2(4,5)1(6)7/h3-9H,10-19H2,1-2H3,(H2,29,32);(H,6,7). The number of carboxylic acid groups (broad SMARTS) is 1. The number of nitrogens with two attached hydrogens (primary N) is 1. The van der Waals surface area contributed by atoms with E-state index in [4.69, 9.17) is 20.4 Å². The Morgan fingerprint density at radius 3 is 2.00 bits per heavy atom. The predicted octanol–water partition coefficient (Wildman–Crippen LogP) is 4.65. The van der Waals surface area contributed by atoms with Crippen molar-refractivity contribution in [1.29, 1.82) is 0 Å². The number of ether oxygens (including phenoxy) is 1. The first-order valence-corrected chi connectivity index (χ1v) is 13.7. The largest absolute Gasteiger partial charge is 0.490 e. The number of halogens is 3. The Morgan fingerprint density at radius 1 is 0.927 bits per heavy atom. The summed E-state index contributed by atoms with van der Waals surface area (Å²) in [6, 6.07) is 13.1. The van der Waals surface area contributed by atoms with Gasteiger partial charge in [0.2, 0.25) is 5.91 Å². The lowest BCUT2D eigenvalue weighted by Crippen LogP contribution is -2.48. The van der Waals surface area contributed by atoms with Gasteiger partial charge in [0.05, 0.1) is 0 Å². The molecule has 2 saturated heterocycles. The molecule has 41 heavy (non-hydrogen) atoms. The maximum absolute atomic E-state index is 12.9. The number of primary amides is 1. The van der Waals surface area contributed by atoms with Crippen LogP contribution in [0.3, 0.4) is 0 Å². The van der Waals surface area contributed by atoms with Crippen molar-refractivity contribution in [3.8, 4) is 5.75 Å². The van der Waals surface area contributed by atoms with Crippen LogP contribution in [-0.4, -0.2) is 70.6 Å². The summed E-state index contributed by atoms with van der Waals surface area (Å²) in [4.78, 5) is 37.7. The topological polar surface area (TPSA) is 113 Å². The molecule has 2 aromatic rings. The summed E-state index contributed by atoms with van der Waals surface area (Å²) in [7, 11) is 0. The van der Waals surface area contributed by atoms with Gasteiger partial charge >= 0.3 is 12.1 Å². The molecule has 0 unspecified atom stereocenters. The number of hydrogen-bond acceptors (Lipinski definition) is 5. The van der Waals surface area contributed by atoms with E-state index in [1.54, 1.807) is 24.3 Å². The Morgan fingerprint density at radius 2 is 1.46 bits per heavy atom. The summed E-state index contributed by atoms with van der Waals surface area (Å²) >= 11 is 0. The number of aliphatic carboxylic acids is 1. The van der Waals surface area contributed by atoms with Crippen LogP contribution >= 0.6 is 0 Å². The molecule has 3 N–H and O–H groups in total. The molecule has 0 bridgehead atoms. The van der Waals surface area contributed by atoms with Gasteiger partial charge in [-0.05, 0) is 93.9 Å². The molecule has 3 aliphatic heterocycles. The SMILES string of the molecule is CC1(C)Cc2c(CN3CCC4(CC3)CCN(C(=O)c3ccc(C(N)=O)cc3)CC4)cccc2O1.O=C(O)C(F)(F)F. The molecule has 2 fully saturated rings. The van der Waals surface area contributed by atoms with Gasteiger partial charge in [-0.15, -0.1) is 0 Å². The molecule has 0 saturated carbocycles. The second kappa shape index (κ2) is 11.7. The number of benzene rings is 2. The Hall–Kier alpha value is -3.60. The summed E-state index contributed by atoms with van der Waals surface area (Å²) < 4.78 is 37.9. The van der Waals surface area contributed by atoms with Gasteiger partial charge in [-0.1, -0.05) is 12.1 Å². The van der Waals surface area contributed by atoms with Gasteiger partial charge in [0.1, 0.15) is 11.4 Å². The highest BCUT2D eigenvalue weighted by Gasteiger charge is 2.40. The molecule has 2 amide bonds. The Labute approximate surface area is 237 Å². The summed E-state index contributed by atoms with van der Waals surface area (Å²) in [5.41, 5.74) is 9.38. The minimum atomic E-state index is -5.08. The molecule has 0 aliphatic carbocycles. The zero-order valence-corrected chi connectivity index (χ0v) is 23.3. The molecular formula is C30H36F3N3O5. The minimum absolute atomic E-state index is 0.0476. The fourth-order valence-corrected chi connectivity index (χ4v) is 5.89. The van der Waals surface area contributed by atoms with E-state index in [0.29, 0.717) is 16.5 Å². The number of hydrogen-bond donors (Lipinski definition) is 2. The van der Waals surface area contributed by atoms with Crippen LogP contribution in [-0.2, 0) is 17.8 Å². The second-order valence-electron chi connectivity index (χ2n) is 11.7. The smallest absolute Gasteiger partial charge is 0.487 e. The number of carbonyl (C=O) groups excluding carboxylic acids is 2. The number of alkyl halides is 3. The third-order valence-corrected chi connectivity index (χ3v) is 8.30. The lowest BCUT2D eigenvalue weighted by molar-refractivity contribution is -0.192. The molecule has 8 nitrogen and oxygen atoms in total. The lowest BCUT2D eigenvalue weighted by Gasteiger charge is -2.47. The van der Waals surface area contributed by atoms with Gasteiger partial charge in [-0.25, -0.2) is 4.79 Å². The van der Waals surface area contributed by atoms with Crippen LogP contribution < -0.4 is 10.5 Å².